The molecule has 0 aliphatic carbocycles. The van der Waals surface area contributed by atoms with Crippen LogP contribution in [0.5, 0.6) is 11.5 Å². The number of hydrogen-bond donors (Lipinski definition) is 0. The highest BCUT2D eigenvalue weighted by Crippen LogP contribution is 2.30. The first-order chi connectivity index (χ1) is 11.8. The maximum Gasteiger partial charge on any atom is 0.250 e. The number of para-hydroxylation sites is 1. The lowest BCUT2D eigenvalue weighted by atomic mass is 10.2. The highest BCUT2D eigenvalue weighted by Gasteiger charge is 2.12. The molecule has 0 saturated carbocycles. The van der Waals surface area contributed by atoms with E-state index in [0.717, 1.165) is 29.2 Å². The summed E-state index contributed by atoms with van der Waals surface area (Å²) in [5, 5.41) is 0. The third-order valence-electron chi connectivity index (χ3n) is 3.84. The Morgan fingerprint density at radius 1 is 1.08 bits per heavy atom. The van der Waals surface area contributed by atoms with E-state index in [4.69, 9.17) is 9.47 Å². The van der Waals surface area contributed by atoms with Crippen molar-refractivity contribution in [3.8, 4) is 11.5 Å². The van der Waals surface area contributed by atoms with Gasteiger partial charge >= 0.3 is 0 Å². The van der Waals surface area contributed by atoms with Gasteiger partial charge in [-0.05, 0) is 42.8 Å². The molecule has 124 valence electrons. The zero-order valence-electron chi connectivity index (χ0n) is 13.8. The first-order valence-electron chi connectivity index (χ1n) is 8.22. The highest BCUT2D eigenvalue weighted by atomic mass is 16.5. The molecule has 0 atom stereocenters. The lowest BCUT2D eigenvalue weighted by Crippen LogP contribution is -2.28. The number of nitrogens with zero attached hydrogens (tertiary/aromatic N) is 1. The van der Waals surface area contributed by atoms with Crippen molar-refractivity contribution in [2.24, 2.45) is 0 Å². The Hall–Kier alpha value is -2.75. The van der Waals surface area contributed by atoms with Crippen LogP contribution in [0.1, 0.15) is 18.9 Å². The van der Waals surface area contributed by atoms with Crippen LogP contribution in [0.25, 0.3) is 6.08 Å². The van der Waals surface area contributed by atoms with Gasteiger partial charge in [0.05, 0.1) is 13.2 Å². The van der Waals surface area contributed by atoms with Gasteiger partial charge in [-0.1, -0.05) is 24.3 Å². The SMILES string of the molecule is CCN(C(=O)/C=C/c1ccc2c(c1)OCCCO2)c1ccccc1. The van der Waals surface area contributed by atoms with E-state index >= 15 is 0 Å². The van der Waals surface area contributed by atoms with Crippen molar-refractivity contribution in [1.82, 2.24) is 0 Å². The first kappa shape index (κ1) is 16.1. The maximum absolute atomic E-state index is 12.5. The van der Waals surface area contributed by atoms with Gasteiger partial charge in [0.25, 0.3) is 5.91 Å². The Kier molecular flexibility index (Phi) is 5.16. The molecule has 3 rings (SSSR count). The summed E-state index contributed by atoms with van der Waals surface area (Å²) in [5.74, 6) is 1.45. The molecule has 4 nitrogen and oxygen atoms in total. The molecule has 4 heteroatoms. The molecule has 2 aromatic carbocycles. The third kappa shape index (κ3) is 3.77. The summed E-state index contributed by atoms with van der Waals surface area (Å²) >= 11 is 0. The summed E-state index contributed by atoms with van der Waals surface area (Å²) < 4.78 is 11.3. The molecule has 0 N–H and O–H groups in total. The predicted octanol–water partition coefficient (Wildman–Crippen LogP) is 3.91. The summed E-state index contributed by atoms with van der Waals surface area (Å²) in [4.78, 5) is 14.2. The molecular weight excluding hydrogens is 302 g/mol. The Morgan fingerprint density at radius 3 is 2.58 bits per heavy atom. The standard InChI is InChI=1S/C20H21NO3/c1-2-21(17-7-4-3-5-8-17)20(22)12-10-16-9-11-18-19(15-16)24-14-6-13-23-18/h3-5,7-12,15H,2,6,13-14H2,1H3/b12-10+. The fraction of sp³-hybridized carbons (Fsp3) is 0.250. The minimum atomic E-state index is -0.0455. The van der Waals surface area contributed by atoms with Crippen LogP contribution in [0.3, 0.4) is 0 Å². The summed E-state index contributed by atoms with van der Waals surface area (Å²) in [7, 11) is 0. The van der Waals surface area contributed by atoms with Crippen LogP contribution in [0.15, 0.2) is 54.6 Å². The van der Waals surface area contributed by atoms with Crippen LogP contribution in [0.4, 0.5) is 5.69 Å². The molecule has 1 aliphatic heterocycles. The van der Waals surface area contributed by atoms with Gasteiger partial charge in [0, 0.05) is 24.7 Å². The average molecular weight is 323 g/mol. The second kappa shape index (κ2) is 7.68. The summed E-state index contributed by atoms with van der Waals surface area (Å²) in [6, 6.07) is 15.4. The van der Waals surface area contributed by atoms with Crippen LogP contribution < -0.4 is 14.4 Å². The van der Waals surface area contributed by atoms with Crippen molar-refractivity contribution in [2.45, 2.75) is 13.3 Å². The van der Waals surface area contributed by atoms with Crippen LogP contribution in [0.2, 0.25) is 0 Å². The van der Waals surface area contributed by atoms with Crippen LogP contribution in [-0.2, 0) is 4.79 Å². The quantitative estimate of drug-likeness (QED) is 0.801. The van der Waals surface area contributed by atoms with Gasteiger partial charge in [-0.25, -0.2) is 0 Å². The third-order valence-corrected chi connectivity index (χ3v) is 3.84. The fourth-order valence-electron chi connectivity index (χ4n) is 2.61. The number of rotatable bonds is 4. The van der Waals surface area contributed by atoms with Crippen LogP contribution in [-0.4, -0.2) is 25.7 Å². The zero-order chi connectivity index (χ0) is 16.8. The first-order valence-corrected chi connectivity index (χ1v) is 8.22. The molecule has 0 bridgehead atoms. The second-order valence-corrected chi connectivity index (χ2v) is 5.51. The lowest BCUT2D eigenvalue weighted by Gasteiger charge is -2.19. The summed E-state index contributed by atoms with van der Waals surface area (Å²) in [5.41, 5.74) is 1.81. The number of fused-ring (bicyclic) bond motifs is 1. The largest absolute Gasteiger partial charge is 0.490 e. The van der Waals surface area contributed by atoms with Gasteiger partial charge < -0.3 is 14.4 Å². The lowest BCUT2D eigenvalue weighted by molar-refractivity contribution is -0.114. The Morgan fingerprint density at radius 2 is 1.83 bits per heavy atom. The number of amides is 1. The van der Waals surface area contributed by atoms with Gasteiger partial charge in [-0.3, -0.25) is 4.79 Å². The van der Waals surface area contributed by atoms with Crippen molar-refractivity contribution in [3.05, 3.63) is 60.2 Å². The van der Waals surface area contributed by atoms with Crippen LogP contribution >= 0.6 is 0 Å². The van der Waals surface area contributed by atoms with E-state index in [-0.39, 0.29) is 5.91 Å². The molecule has 1 heterocycles. The molecule has 1 aliphatic rings. The molecule has 1 amide bonds. The molecule has 0 fully saturated rings. The summed E-state index contributed by atoms with van der Waals surface area (Å²) in [6.45, 7) is 3.90. The monoisotopic (exact) mass is 323 g/mol. The van der Waals surface area contributed by atoms with E-state index in [1.807, 2.05) is 61.5 Å². The molecule has 0 spiro atoms. The van der Waals surface area contributed by atoms with Crippen molar-refractivity contribution >= 4 is 17.7 Å². The van der Waals surface area contributed by atoms with E-state index in [0.29, 0.717) is 19.8 Å². The van der Waals surface area contributed by atoms with E-state index in [9.17, 15) is 4.79 Å². The number of hydrogen-bond acceptors (Lipinski definition) is 3. The number of ether oxygens (including phenoxy) is 2. The number of likely N-dealkylation sites (N-methyl/N-ethyl adjacent to an activating group) is 1. The average Bonchev–Trinajstić information content (AvgIpc) is 2.86. The Labute approximate surface area is 142 Å². The van der Waals surface area contributed by atoms with Gasteiger partial charge in [-0.15, -0.1) is 0 Å². The molecule has 0 unspecified atom stereocenters. The number of benzene rings is 2. The van der Waals surface area contributed by atoms with Gasteiger partial charge in [0.2, 0.25) is 0 Å². The van der Waals surface area contributed by atoms with Crippen molar-refractivity contribution < 1.29 is 14.3 Å². The van der Waals surface area contributed by atoms with Crippen molar-refractivity contribution in [2.75, 3.05) is 24.7 Å². The fourth-order valence-corrected chi connectivity index (χ4v) is 2.61. The van der Waals surface area contributed by atoms with E-state index in [2.05, 4.69) is 0 Å². The molecule has 24 heavy (non-hydrogen) atoms. The van der Waals surface area contributed by atoms with Crippen LogP contribution in [0, 0.1) is 0 Å². The minimum Gasteiger partial charge on any atom is -0.490 e. The zero-order valence-corrected chi connectivity index (χ0v) is 13.8. The van der Waals surface area contributed by atoms with Gasteiger partial charge in [-0.2, -0.15) is 0 Å². The molecule has 2 aromatic rings. The normalized spacial score (nSPS) is 13.5. The topological polar surface area (TPSA) is 38.8 Å². The van der Waals surface area contributed by atoms with Crippen molar-refractivity contribution in [1.29, 1.82) is 0 Å². The van der Waals surface area contributed by atoms with Gasteiger partial charge in [0.15, 0.2) is 11.5 Å². The van der Waals surface area contributed by atoms with E-state index in [1.165, 1.54) is 0 Å². The smallest absolute Gasteiger partial charge is 0.250 e. The second-order valence-electron chi connectivity index (χ2n) is 5.51. The van der Waals surface area contributed by atoms with E-state index < -0.39 is 0 Å². The molecular formula is C20H21NO3. The minimum absolute atomic E-state index is 0.0455. The van der Waals surface area contributed by atoms with Gasteiger partial charge in [0.1, 0.15) is 0 Å². The molecule has 0 radical (unpaired) electrons. The number of carbonyl (C=O) groups excluding carboxylic acids is 1. The predicted molar refractivity (Wildman–Crippen MR) is 95.6 cm³/mol. The van der Waals surface area contributed by atoms with E-state index in [1.54, 1.807) is 11.0 Å². The number of anilines is 1. The Balaban J connectivity index is 1.75. The number of carbonyl (C=O) groups is 1. The summed E-state index contributed by atoms with van der Waals surface area (Å²) in [6.07, 6.45) is 4.28. The van der Waals surface area contributed by atoms with Crippen molar-refractivity contribution in [3.63, 3.8) is 0 Å². The maximum atomic E-state index is 12.5. The molecule has 0 aromatic heterocycles. The highest BCUT2D eigenvalue weighted by molar-refractivity contribution is 6.03. The Bertz CT molecular complexity index is 725. The molecule has 0 saturated heterocycles.